The monoisotopic (exact) mass is 285 g/mol. The van der Waals surface area contributed by atoms with Crippen LogP contribution in [0.15, 0.2) is 11.1 Å². The van der Waals surface area contributed by atoms with Crippen LogP contribution in [0.1, 0.15) is 13.8 Å². The van der Waals surface area contributed by atoms with Crippen LogP contribution in [0.5, 0.6) is 0 Å². The maximum absolute atomic E-state index is 11.5. The highest BCUT2D eigenvalue weighted by Crippen LogP contribution is 2.09. The van der Waals surface area contributed by atoms with E-state index in [9.17, 15) is 4.79 Å². The van der Waals surface area contributed by atoms with Crippen molar-refractivity contribution >= 4 is 17.1 Å². The second-order valence-corrected chi connectivity index (χ2v) is 4.44. The van der Waals surface area contributed by atoms with Gasteiger partial charge in [-0.15, -0.1) is 0 Å². The minimum Gasteiger partial charge on any atom is -0.396 e. The molecule has 0 aliphatic carbocycles. The van der Waals surface area contributed by atoms with Gasteiger partial charge in [-0.1, -0.05) is 6.92 Å². The standard InChI is InChI=1S/C9H13N5O2.C2H6O2/c1-5(3-15)2-14-4-11-6-7(14)12-9(10)13-8(6)16;1-2(3)4/h4-5,15H,2-3H2,1H3,(H3,10,12,13,16);2-4H,1H3/t5-;/m1./s1. The molecule has 2 aromatic rings. The van der Waals surface area contributed by atoms with Crippen LogP contribution in [0.3, 0.4) is 0 Å². The average Bonchev–Trinajstić information content (AvgIpc) is 2.72. The summed E-state index contributed by atoms with van der Waals surface area (Å²) in [7, 11) is 0. The molecule has 2 heterocycles. The number of aromatic amines is 1. The Hall–Kier alpha value is -1.97. The number of fused-ring (bicyclic) bond motifs is 1. The summed E-state index contributed by atoms with van der Waals surface area (Å²) in [6, 6.07) is 0. The Morgan fingerprint density at radius 3 is 2.60 bits per heavy atom. The summed E-state index contributed by atoms with van der Waals surface area (Å²) in [5, 5.41) is 24.2. The van der Waals surface area contributed by atoms with Crippen molar-refractivity contribution in [2.45, 2.75) is 26.7 Å². The van der Waals surface area contributed by atoms with Gasteiger partial charge in [0.15, 0.2) is 11.2 Å². The van der Waals surface area contributed by atoms with Crippen molar-refractivity contribution in [2.24, 2.45) is 5.92 Å². The third kappa shape index (κ3) is 4.30. The maximum atomic E-state index is 11.5. The van der Waals surface area contributed by atoms with Gasteiger partial charge in [0.05, 0.1) is 6.33 Å². The molecule has 0 fully saturated rings. The Morgan fingerprint density at radius 1 is 1.45 bits per heavy atom. The van der Waals surface area contributed by atoms with E-state index in [-0.39, 0.29) is 29.5 Å². The highest BCUT2D eigenvalue weighted by atomic mass is 16.5. The van der Waals surface area contributed by atoms with Gasteiger partial charge in [-0.25, -0.2) is 4.98 Å². The Bertz CT molecular complexity index is 604. The number of nitrogens with zero attached hydrogens (tertiary/aromatic N) is 3. The predicted molar refractivity (Wildman–Crippen MR) is 72.7 cm³/mol. The smallest absolute Gasteiger partial charge is 0.280 e. The molecule has 0 amide bonds. The fraction of sp³-hybridized carbons (Fsp3) is 0.545. The number of nitrogen functional groups attached to an aromatic ring is 1. The molecule has 9 heteroatoms. The van der Waals surface area contributed by atoms with Crippen LogP contribution in [0.2, 0.25) is 0 Å². The molecule has 0 aliphatic rings. The normalized spacial score (nSPS) is 12.3. The van der Waals surface area contributed by atoms with Crippen LogP contribution in [0.4, 0.5) is 5.95 Å². The van der Waals surface area contributed by atoms with Crippen LogP contribution in [-0.2, 0) is 6.54 Å². The highest BCUT2D eigenvalue weighted by Gasteiger charge is 2.10. The zero-order valence-corrected chi connectivity index (χ0v) is 11.3. The van der Waals surface area contributed by atoms with Gasteiger partial charge in [-0.2, -0.15) is 4.98 Å². The minimum atomic E-state index is -1.17. The quantitative estimate of drug-likeness (QED) is 0.437. The van der Waals surface area contributed by atoms with Crippen LogP contribution in [0, 0.1) is 5.92 Å². The largest absolute Gasteiger partial charge is 0.396 e. The Morgan fingerprint density at radius 2 is 2.05 bits per heavy atom. The summed E-state index contributed by atoms with van der Waals surface area (Å²) in [4.78, 5) is 21.8. The van der Waals surface area contributed by atoms with Crippen molar-refractivity contribution in [3.63, 3.8) is 0 Å². The molecular weight excluding hydrogens is 266 g/mol. The number of nitrogens with two attached hydrogens (primary N) is 1. The van der Waals surface area contributed by atoms with Gasteiger partial charge in [0, 0.05) is 13.2 Å². The minimum absolute atomic E-state index is 0.0656. The van der Waals surface area contributed by atoms with E-state index < -0.39 is 6.29 Å². The van der Waals surface area contributed by atoms with Crippen molar-refractivity contribution in [1.29, 1.82) is 0 Å². The molecule has 0 radical (unpaired) electrons. The van der Waals surface area contributed by atoms with Crippen molar-refractivity contribution in [3.05, 3.63) is 16.7 Å². The second-order valence-electron chi connectivity index (χ2n) is 4.44. The number of aliphatic hydroxyl groups is 3. The molecule has 0 unspecified atom stereocenters. The first kappa shape index (κ1) is 16.1. The summed E-state index contributed by atoms with van der Waals surface area (Å²) < 4.78 is 1.71. The Balaban J connectivity index is 0.000000444. The number of anilines is 1. The van der Waals surface area contributed by atoms with Gasteiger partial charge in [-0.05, 0) is 12.8 Å². The molecule has 0 spiro atoms. The molecule has 112 valence electrons. The molecule has 6 N–H and O–H groups in total. The van der Waals surface area contributed by atoms with E-state index in [4.69, 9.17) is 21.1 Å². The molecule has 0 aromatic carbocycles. The number of rotatable bonds is 3. The molecule has 2 rings (SSSR count). The third-order valence-corrected chi connectivity index (χ3v) is 2.31. The first-order chi connectivity index (χ1) is 9.35. The van der Waals surface area contributed by atoms with Gasteiger partial charge in [0.2, 0.25) is 5.95 Å². The van der Waals surface area contributed by atoms with Crippen molar-refractivity contribution in [1.82, 2.24) is 19.5 Å². The summed E-state index contributed by atoms with van der Waals surface area (Å²) >= 11 is 0. The van der Waals surface area contributed by atoms with Gasteiger partial charge >= 0.3 is 0 Å². The summed E-state index contributed by atoms with van der Waals surface area (Å²) in [6.45, 7) is 3.78. The Kier molecular flexibility index (Phi) is 5.62. The van der Waals surface area contributed by atoms with E-state index >= 15 is 0 Å². The van der Waals surface area contributed by atoms with Crippen molar-refractivity contribution < 1.29 is 15.3 Å². The van der Waals surface area contributed by atoms with Crippen LogP contribution in [0.25, 0.3) is 11.2 Å². The van der Waals surface area contributed by atoms with E-state index in [0.29, 0.717) is 12.2 Å². The fourth-order valence-electron chi connectivity index (χ4n) is 1.50. The van der Waals surface area contributed by atoms with Crippen LogP contribution >= 0.6 is 0 Å². The number of H-pyrrole nitrogens is 1. The second kappa shape index (κ2) is 6.98. The predicted octanol–water partition coefficient (Wildman–Crippen LogP) is -1.35. The van der Waals surface area contributed by atoms with Gasteiger partial charge in [0.25, 0.3) is 5.56 Å². The lowest BCUT2D eigenvalue weighted by atomic mass is 10.2. The Labute approximate surface area is 114 Å². The molecule has 0 aliphatic heterocycles. The molecule has 0 bridgehead atoms. The summed E-state index contributed by atoms with van der Waals surface area (Å²) in [5.74, 6) is 0.135. The average molecular weight is 285 g/mol. The topological polar surface area (TPSA) is 150 Å². The number of hydrogen-bond donors (Lipinski definition) is 5. The van der Waals surface area contributed by atoms with E-state index in [1.807, 2.05) is 6.92 Å². The lowest BCUT2D eigenvalue weighted by Crippen LogP contribution is -2.14. The SMILES string of the molecule is CC(O)O.C[C@@H](CO)Cn1cnc2c(=O)[nH]c(N)nc21. The van der Waals surface area contributed by atoms with E-state index in [1.54, 1.807) is 4.57 Å². The molecule has 0 saturated carbocycles. The van der Waals surface area contributed by atoms with Crippen LogP contribution in [-0.4, -0.2) is 47.7 Å². The number of imidazole rings is 1. The van der Waals surface area contributed by atoms with Gasteiger partial charge in [-0.3, -0.25) is 9.78 Å². The molecule has 9 nitrogen and oxygen atoms in total. The van der Waals surface area contributed by atoms with E-state index in [2.05, 4.69) is 15.0 Å². The first-order valence-corrected chi connectivity index (χ1v) is 6.02. The number of nitrogens with one attached hydrogen (secondary N) is 1. The summed E-state index contributed by atoms with van der Waals surface area (Å²) in [6.07, 6.45) is 0.360. The molecular formula is C11H19N5O4. The van der Waals surface area contributed by atoms with Crippen molar-refractivity contribution in [2.75, 3.05) is 12.3 Å². The zero-order valence-electron chi connectivity index (χ0n) is 11.3. The number of aliphatic hydroxyl groups excluding tert-OH is 2. The molecule has 20 heavy (non-hydrogen) atoms. The van der Waals surface area contributed by atoms with E-state index in [1.165, 1.54) is 13.3 Å². The summed E-state index contributed by atoms with van der Waals surface area (Å²) in [5.41, 5.74) is 5.82. The molecule has 1 atom stereocenters. The van der Waals surface area contributed by atoms with E-state index in [0.717, 1.165) is 0 Å². The lowest BCUT2D eigenvalue weighted by molar-refractivity contribution is -0.0228. The molecule has 2 aromatic heterocycles. The third-order valence-electron chi connectivity index (χ3n) is 2.31. The van der Waals surface area contributed by atoms with Crippen LogP contribution < -0.4 is 11.3 Å². The lowest BCUT2D eigenvalue weighted by Gasteiger charge is -2.08. The van der Waals surface area contributed by atoms with Crippen molar-refractivity contribution in [3.8, 4) is 0 Å². The van der Waals surface area contributed by atoms with Gasteiger partial charge < -0.3 is 25.6 Å². The first-order valence-electron chi connectivity index (χ1n) is 6.02. The molecule has 0 saturated heterocycles. The van der Waals surface area contributed by atoms with Gasteiger partial charge in [0.1, 0.15) is 6.29 Å². The number of aromatic nitrogens is 4. The number of hydrogen-bond acceptors (Lipinski definition) is 7. The highest BCUT2D eigenvalue weighted by molar-refractivity contribution is 5.70. The maximum Gasteiger partial charge on any atom is 0.280 e. The fourth-order valence-corrected chi connectivity index (χ4v) is 1.50. The zero-order chi connectivity index (χ0) is 15.3.